The molecule has 0 unspecified atom stereocenters. The van der Waals surface area contributed by atoms with Gasteiger partial charge in [0.05, 0.1) is 0 Å². The SMILES string of the molecule is c1ccc(COc2ccc(Cn3cc(C4CCNCC4)c4ccccc43)cc2OCc2ccccc2)cc1. The molecule has 0 atom stereocenters. The summed E-state index contributed by atoms with van der Waals surface area (Å²) in [6.45, 7) is 3.97. The van der Waals surface area contributed by atoms with Crippen LogP contribution in [0, 0.1) is 0 Å². The van der Waals surface area contributed by atoms with E-state index in [1.807, 2.05) is 36.4 Å². The molecule has 5 aromatic rings. The first-order valence-corrected chi connectivity index (χ1v) is 13.6. The van der Waals surface area contributed by atoms with E-state index in [-0.39, 0.29) is 0 Å². The number of hydrogen-bond acceptors (Lipinski definition) is 3. The predicted octanol–water partition coefficient (Wildman–Crippen LogP) is 7.31. The number of para-hydroxylation sites is 1. The van der Waals surface area contributed by atoms with Crippen LogP contribution in [-0.4, -0.2) is 17.7 Å². The van der Waals surface area contributed by atoms with Crippen LogP contribution in [0.1, 0.15) is 41.0 Å². The number of aromatic nitrogens is 1. The van der Waals surface area contributed by atoms with E-state index in [1.165, 1.54) is 34.9 Å². The normalized spacial score (nSPS) is 14.0. The summed E-state index contributed by atoms with van der Waals surface area (Å²) < 4.78 is 15.0. The molecule has 1 aromatic heterocycles. The van der Waals surface area contributed by atoms with E-state index in [2.05, 4.69) is 82.8 Å². The number of nitrogens with one attached hydrogen (secondary N) is 1. The lowest BCUT2D eigenvalue weighted by Crippen LogP contribution is -2.26. The summed E-state index contributed by atoms with van der Waals surface area (Å²) in [4.78, 5) is 0. The second-order valence-electron chi connectivity index (χ2n) is 10.1. The second-order valence-corrected chi connectivity index (χ2v) is 10.1. The fraction of sp³-hybridized carbons (Fsp3) is 0.235. The van der Waals surface area contributed by atoms with Gasteiger partial charge in [-0.1, -0.05) is 84.9 Å². The van der Waals surface area contributed by atoms with Gasteiger partial charge in [0.15, 0.2) is 11.5 Å². The van der Waals surface area contributed by atoms with Gasteiger partial charge in [-0.2, -0.15) is 0 Å². The van der Waals surface area contributed by atoms with Crippen LogP contribution in [0.25, 0.3) is 10.9 Å². The molecule has 4 aromatic carbocycles. The van der Waals surface area contributed by atoms with Crippen LogP contribution >= 0.6 is 0 Å². The van der Waals surface area contributed by atoms with Crippen LogP contribution in [0.2, 0.25) is 0 Å². The first-order chi connectivity index (χ1) is 18.8. The molecule has 6 rings (SSSR count). The average molecular weight is 503 g/mol. The topological polar surface area (TPSA) is 35.4 Å². The summed E-state index contributed by atoms with van der Waals surface area (Å²) in [7, 11) is 0. The molecule has 192 valence electrons. The van der Waals surface area contributed by atoms with Gasteiger partial charge in [0.1, 0.15) is 13.2 Å². The zero-order valence-electron chi connectivity index (χ0n) is 21.7. The van der Waals surface area contributed by atoms with Crippen LogP contribution in [-0.2, 0) is 19.8 Å². The Bertz CT molecular complexity index is 1470. The van der Waals surface area contributed by atoms with E-state index in [0.29, 0.717) is 19.1 Å². The van der Waals surface area contributed by atoms with E-state index >= 15 is 0 Å². The largest absolute Gasteiger partial charge is 0.485 e. The zero-order valence-corrected chi connectivity index (χ0v) is 21.7. The summed E-state index contributed by atoms with van der Waals surface area (Å²) in [5.41, 5.74) is 6.23. The first-order valence-electron chi connectivity index (χ1n) is 13.6. The number of nitrogens with zero attached hydrogens (tertiary/aromatic N) is 1. The molecule has 38 heavy (non-hydrogen) atoms. The zero-order chi connectivity index (χ0) is 25.6. The highest BCUT2D eigenvalue weighted by Gasteiger charge is 2.20. The van der Waals surface area contributed by atoms with Crippen molar-refractivity contribution in [3.63, 3.8) is 0 Å². The van der Waals surface area contributed by atoms with Gasteiger partial charge in [-0.25, -0.2) is 0 Å². The number of fused-ring (bicyclic) bond motifs is 1. The van der Waals surface area contributed by atoms with Crippen molar-refractivity contribution >= 4 is 10.9 Å². The highest BCUT2D eigenvalue weighted by molar-refractivity contribution is 5.84. The van der Waals surface area contributed by atoms with Gasteiger partial charge >= 0.3 is 0 Å². The Labute approximate surface area is 224 Å². The highest BCUT2D eigenvalue weighted by Crippen LogP contribution is 2.35. The Hall–Kier alpha value is -4.02. The maximum absolute atomic E-state index is 6.34. The molecule has 1 saturated heterocycles. The molecule has 1 N–H and O–H groups in total. The third kappa shape index (κ3) is 5.61. The Morgan fingerprint density at radius 2 is 1.29 bits per heavy atom. The molecule has 4 nitrogen and oxygen atoms in total. The van der Waals surface area contributed by atoms with Gasteiger partial charge in [0.25, 0.3) is 0 Å². The Kier molecular flexibility index (Phi) is 7.41. The minimum absolute atomic E-state index is 0.498. The van der Waals surface area contributed by atoms with Crippen molar-refractivity contribution in [3.8, 4) is 11.5 Å². The van der Waals surface area contributed by atoms with Crippen LogP contribution in [0.15, 0.2) is 109 Å². The summed E-state index contributed by atoms with van der Waals surface area (Å²) in [6.07, 6.45) is 4.77. The number of ether oxygens (including phenoxy) is 2. The molecule has 4 heteroatoms. The smallest absolute Gasteiger partial charge is 0.162 e. The van der Waals surface area contributed by atoms with Crippen molar-refractivity contribution in [3.05, 3.63) is 132 Å². The quantitative estimate of drug-likeness (QED) is 0.229. The van der Waals surface area contributed by atoms with Crippen LogP contribution in [0.4, 0.5) is 0 Å². The van der Waals surface area contributed by atoms with Crippen molar-refractivity contribution in [2.75, 3.05) is 13.1 Å². The predicted molar refractivity (Wildman–Crippen MR) is 154 cm³/mol. The first kappa shape index (κ1) is 24.3. The molecule has 1 fully saturated rings. The number of rotatable bonds is 9. The van der Waals surface area contributed by atoms with Gasteiger partial charge in [-0.15, -0.1) is 0 Å². The van der Waals surface area contributed by atoms with Gasteiger partial charge in [-0.05, 0) is 72.3 Å². The van der Waals surface area contributed by atoms with Crippen LogP contribution in [0.5, 0.6) is 11.5 Å². The monoisotopic (exact) mass is 502 g/mol. The Morgan fingerprint density at radius 3 is 2.00 bits per heavy atom. The minimum Gasteiger partial charge on any atom is -0.485 e. The van der Waals surface area contributed by atoms with Crippen LogP contribution < -0.4 is 14.8 Å². The second kappa shape index (κ2) is 11.6. The van der Waals surface area contributed by atoms with Crippen molar-refractivity contribution in [2.24, 2.45) is 0 Å². The molecular weight excluding hydrogens is 468 g/mol. The van der Waals surface area contributed by atoms with Crippen molar-refractivity contribution < 1.29 is 9.47 Å². The fourth-order valence-corrected chi connectivity index (χ4v) is 5.41. The third-order valence-corrected chi connectivity index (χ3v) is 7.43. The summed E-state index contributed by atoms with van der Waals surface area (Å²) in [6, 6.07) is 35.7. The summed E-state index contributed by atoms with van der Waals surface area (Å²) in [5.74, 6) is 2.15. The third-order valence-electron chi connectivity index (χ3n) is 7.43. The Morgan fingerprint density at radius 1 is 0.658 bits per heavy atom. The van der Waals surface area contributed by atoms with E-state index in [0.717, 1.165) is 42.3 Å². The van der Waals surface area contributed by atoms with E-state index in [1.54, 1.807) is 0 Å². The molecule has 0 bridgehead atoms. The van der Waals surface area contributed by atoms with Gasteiger partial charge in [0.2, 0.25) is 0 Å². The average Bonchev–Trinajstić information content (AvgIpc) is 3.35. The lowest BCUT2D eigenvalue weighted by Gasteiger charge is -2.22. The van der Waals surface area contributed by atoms with E-state index < -0.39 is 0 Å². The van der Waals surface area contributed by atoms with Gasteiger partial charge in [0, 0.05) is 23.6 Å². The van der Waals surface area contributed by atoms with Crippen molar-refractivity contribution in [2.45, 2.75) is 38.5 Å². The number of benzene rings is 4. The molecule has 0 saturated carbocycles. The number of hydrogen-bond donors (Lipinski definition) is 1. The molecule has 1 aliphatic rings. The van der Waals surface area contributed by atoms with Gasteiger partial charge < -0.3 is 19.4 Å². The Balaban J connectivity index is 1.28. The lowest BCUT2D eigenvalue weighted by molar-refractivity contribution is 0.255. The van der Waals surface area contributed by atoms with Crippen molar-refractivity contribution in [1.82, 2.24) is 9.88 Å². The summed E-state index contributed by atoms with van der Waals surface area (Å²) in [5, 5.41) is 4.88. The maximum atomic E-state index is 6.34. The summed E-state index contributed by atoms with van der Waals surface area (Å²) >= 11 is 0. The molecule has 0 aliphatic carbocycles. The van der Waals surface area contributed by atoms with E-state index in [4.69, 9.17) is 9.47 Å². The van der Waals surface area contributed by atoms with Crippen molar-refractivity contribution in [1.29, 1.82) is 0 Å². The number of piperidine rings is 1. The molecule has 1 aliphatic heterocycles. The molecule has 0 radical (unpaired) electrons. The molecule has 0 spiro atoms. The maximum Gasteiger partial charge on any atom is 0.162 e. The van der Waals surface area contributed by atoms with E-state index in [9.17, 15) is 0 Å². The molecule has 2 heterocycles. The fourth-order valence-electron chi connectivity index (χ4n) is 5.41. The standard InChI is InChI=1S/C34H34N2O2/c1-3-9-26(10-4-1)24-37-33-16-15-28(21-34(33)38-25-27-11-5-2-6-12-27)22-36-23-31(29-17-19-35-20-18-29)30-13-7-8-14-32(30)36/h1-16,21,23,29,35H,17-20,22,24-25H2. The molecular formula is C34H34N2O2. The minimum atomic E-state index is 0.498. The highest BCUT2D eigenvalue weighted by atomic mass is 16.5. The van der Waals surface area contributed by atoms with Gasteiger partial charge in [-0.3, -0.25) is 0 Å². The molecule has 0 amide bonds. The lowest BCUT2D eigenvalue weighted by atomic mass is 9.90. The van der Waals surface area contributed by atoms with Crippen LogP contribution in [0.3, 0.4) is 0 Å².